The van der Waals surface area contributed by atoms with Gasteiger partial charge in [-0.1, -0.05) is 103 Å². The third-order valence-electron chi connectivity index (χ3n) is 11.6. The molecule has 1 aliphatic rings. The van der Waals surface area contributed by atoms with Crippen LogP contribution in [0.1, 0.15) is 28.7 Å². The zero-order valence-corrected chi connectivity index (χ0v) is 34.5. The summed E-state index contributed by atoms with van der Waals surface area (Å²) < 4.78 is 2.18. The van der Waals surface area contributed by atoms with Crippen molar-refractivity contribution in [1.82, 2.24) is 19.5 Å². The predicted molar refractivity (Wildman–Crippen MR) is 251 cm³/mol. The van der Waals surface area contributed by atoms with E-state index in [-0.39, 0.29) is 0 Å². The van der Waals surface area contributed by atoms with Crippen molar-refractivity contribution < 1.29 is 0 Å². The maximum Gasteiger partial charge on any atom is 0.164 e. The third-order valence-corrected chi connectivity index (χ3v) is 11.6. The van der Waals surface area contributed by atoms with Crippen LogP contribution in [0.4, 0.5) is 0 Å². The van der Waals surface area contributed by atoms with E-state index in [0.717, 1.165) is 77.6 Å². The molecule has 0 spiro atoms. The Morgan fingerprint density at radius 3 is 1.65 bits per heavy atom. The van der Waals surface area contributed by atoms with Gasteiger partial charge < -0.3 is 4.57 Å². The van der Waals surface area contributed by atoms with Gasteiger partial charge in [0.2, 0.25) is 0 Å². The highest BCUT2D eigenvalue weighted by atomic mass is 15.0. The molecule has 0 bridgehead atoms. The fourth-order valence-corrected chi connectivity index (χ4v) is 8.52. The summed E-state index contributed by atoms with van der Waals surface area (Å²) in [5.41, 5.74) is 11.5. The van der Waals surface area contributed by atoms with Crippen LogP contribution >= 0.6 is 0 Å². The fraction of sp³-hybridized carbons (Fsp3) is 0.0357. The predicted octanol–water partition coefficient (Wildman–Crippen LogP) is 12.3. The molecule has 0 amide bonds. The molecule has 9 heteroatoms. The number of fused-ring (bicyclic) bond motifs is 3. The van der Waals surface area contributed by atoms with Crippen LogP contribution in [0.15, 0.2) is 175 Å². The summed E-state index contributed by atoms with van der Waals surface area (Å²) in [5, 5.41) is 51.5. The molecule has 0 saturated carbocycles. The van der Waals surface area contributed by atoms with E-state index in [4.69, 9.17) is 15.0 Å². The number of benzene rings is 7. The molecular formula is C56H31N9. The second kappa shape index (κ2) is 16.6. The van der Waals surface area contributed by atoms with Gasteiger partial charge in [-0.25, -0.2) is 15.0 Å². The van der Waals surface area contributed by atoms with Crippen molar-refractivity contribution in [3.8, 4) is 92.5 Å². The SMILES string of the molecule is N#CC1=CC(c2ccc3c4ccc(-c5cc(C#N)cc(C#N)c5)cc4n(-c4ccc(-c5nc(-c6ccccc6)nc(-c6ccccc6)n5)c(-c5cccc(C#N)c5)c4)c3c2)=CC(C#N)C1. The molecule has 9 aromatic rings. The highest BCUT2D eigenvalue weighted by Gasteiger charge is 2.22. The molecule has 1 atom stereocenters. The molecule has 9 nitrogen and oxygen atoms in total. The average molecular weight is 830 g/mol. The van der Waals surface area contributed by atoms with Crippen LogP contribution in [-0.2, 0) is 0 Å². The molecule has 65 heavy (non-hydrogen) atoms. The summed E-state index contributed by atoms with van der Waals surface area (Å²) in [6, 6.07) is 61.9. The van der Waals surface area contributed by atoms with Gasteiger partial charge in [-0.15, -0.1) is 0 Å². The lowest BCUT2D eigenvalue weighted by molar-refractivity contribution is 0.818. The van der Waals surface area contributed by atoms with E-state index in [9.17, 15) is 26.3 Å². The van der Waals surface area contributed by atoms with Crippen LogP contribution in [0.2, 0.25) is 0 Å². The topological polar surface area (TPSA) is 163 Å². The quantitative estimate of drug-likeness (QED) is 0.153. The Hall–Kier alpha value is -9.72. The molecule has 2 heterocycles. The van der Waals surface area contributed by atoms with Crippen molar-refractivity contribution >= 4 is 27.4 Å². The van der Waals surface area contributed by atoms with E-state index in [2.05, 4.69) is 65.2 Å². The molecule has 0 N–H and O–H groups in total. The monoisotopic (exact) mass is 829 g/mol. The van der Waals surface area contributed by atoms with Crippen molar-refractivity contribution in [3.63, 3.8) is 0 Å². The number of nitrogens with zero attached hydrogens (tertiary/aromatic N) is 9. The summed E-state index contributed by atoms with van der Waals surface area (Å²) in [6.45, 7) is 0. The van der Waals surface area contributed by atoms with Gasteiger partial charge in [0.05, 0.1) is 64.0 Å². The van der Waals surface area contributed by atoms with E-state index in [0.29, 0.717) is 46.2 Å². The largest absolute Gasteiger partial charge is 0.309 e. The van der Waals surface area contributed by atoms with Gasteiger partial charge in [0, 0.05) is 45.1 Å². The lowest BCUT2D eigenvalue weighted by atomic mass is 9.88. The molecule has 1 aliphatic carbocycles. The van der Waals surface area contributed by atoms with Crippen LogP contribution in [0, 0.1) is 62.6 Å². The zero-order chi connectivity index (χ0) is 44.4. The zero-order valence-electron chi connectivity index (χ0n) is 34.5. The van der Waals surface area contributed by atoms with E-state index in [1.54, 1.807) is 24.3 Å². The lowest BCUT2D eigenvalue weighted by Gasteiger charge is -2.17. The first-order valence-corrected chi connectivity index (χ1v) is 20.7. The highest BCUT2D eigenvalue weighted by Crippen LogP contribution is 2.41. The maximum atomic E-state index is 10.1. The van der Waals surface area contributed by atoms with Gasteiger partial charge >= 0.3 is 0 Å². The third kappa shape index (κ3) is 7.43. The molecule has 300 valence electrons. The van der Waals surface area contributed by atoms with Gasteiger partial charge in [-0.3, -0.25) is 0 Å². The number of nitriles is 5. The molecule has 10 rings (SSSR count). The van der Waals surface area contributed by atoms with Crippen LogP contribution in [-0.4, -0.2) is 19.5 Å². The summed E-state index contributed by atoms with van der Waals surface area (Å²) >= 11 is 0. The molecule has 0 radical (unpaired) electrons. The minimum atomic E-state index is -0.435. The molecule has 7 aromatic carbocycles. The van der Waals surface area contributed by atoms with Crippen molar-refractivity contribution in [2.75, 3.05) is 0 Å². The highest BCUT2D eigenvalue weighted by molar-refractivity contribution is 6.11. The van der Waals surface area contributed by atoms with Crippen LogP contribution in [0.25, 0.3) is 89.5 Å². The summed E-state index contributed by atoms with van der Waals surface area (Å²) in [4.78, 5) is 15.1. The Kier molecular flexibility index (Phi) is 10.1. The van der Waals surface area contributed by atoms with E-state index >= 15 is 0 Å². The summed E-state index contributed by atoms with van der Waals surface area (Å²) in [6.07, 6.45) is 4.14. The van der Waals surface area contributed by atoms with Gasteiger partial charge in [-0.2, -0.15) is 26.3 Å². The number of allylic oxidation sites excluding steroid dienone is 4. The Morgan fingerprint density at radius 1 is 0.446 bits per heavy atom. The summed E-state index contributed by atoms with van der Waals surface area (Å²) in [7, 11) is 0. The fourth-order valence-electron chi connectivity index (χ4n) is 8.52. The molecule has 0 aliphatic heterocycles. The first kappa shape index (κ1) is 39.4. The van der Waals surface area contributed by atoms with E-state index in [1.165, 1.54) is 0 Å². The first-order chi connectivity index (χ1) is 31.9. The normalized spacial score (nSPS) is 13.1. The Morgan fingerprint density at radius 2 is 1.03 bits per heavy atom. The smallest absolute Gasteiger partial charge is 0.164 e. The minimum Gasteiger partial charge on any atom is -0.309 e. The standard InChI is InChI=1S/C56H31N9/c57-30-35-8-7-13-44(22-35)51-29-47(16-19-50(51)56-63-54(40-9-3-1-4-10-40)62-55(64-56)41-11-5-2-6-12-41)65-52-27-42(45-23-36(31-58)20-37(24-45)32-59)14-17-48(52)49-18-15-43(28-53(49)65)46-25-38(33-60)21-39(26-46)34-61/h1-20,22-29,38H,21H2. The number of hydrogen-bond acceptors (Lipinski definition) is 8. The Labute approximate surface area is 374 Å². The number of rotatable bonds is 7. The van der Waals surface area contributed by atoms with E-state index < -0.39 is 5.92 Å². The average Bonchev–Trinajstić information content (AvgIpc) is 3.71. The molecule has 0 fully saturated rings. The molecule has 1 unspecified atom stereocenters. The van der Waals surface area contributed by atoms with Crippen molar-refractivity contribution in [2.24, 2.45) is 5.92 Å². The maximum absolute atomic E-state index is 10.1. The van der Waals surface area contributed by atoms with Crippen molar-refractivity contribution in [3.05, 3.63) is 198 Å². The van der Waals surface area contributed by atoms with Gasteiger partial charge in [0.1, 0.15) is 0 Å². The first-order valence-electron chi connectivity index (χ1n) is 20.7. The lowest BCUT2D eigenvalue weighted by Crippen LogP contribution is -2.03. The second-order valence-electron chi connectivity index (χ2n) is 15.6. The van der Waals surface area contributed by atoms with Crippen LogP contribution in [0.3, 0.4) is 0 Å². The molecular weight excluding hydrogens is 799 g/mol. The van der Waals surface area contributed by atoms with Crippen LogP contribution < -0.4 is 0 Å². The molecule has 0 saturated heterocycles. The van der Waals surface area contributed by atoms with Gasteiger partial charge in [0.25, 0.3) is 0 Å². The summed E-state index contributed by atoms with van der Waals surface area (Å²) in [5.74, 6) is 1.05. The van der Waals surface area contributed by atoms with Crippen molar-refractivity contribution in [1.29, 1.82) is 26.3 Å². The molecule has 2 aromatic heterocycles. The van der Waals surface area contributed by atoms with E-state index in [1.807, 2.05) is 115 Å². The minimum absolute atomic E-state index is 0.366. The Bertz CT molecular complexity index is 3600. The van der Waals surface area contributed by atoms with Crippen molar-refractivity contribution in [2.45, 2.75) is 6.42 Å². The number of aromatic nitrogens is 4. The number of hydrogen-bond donors (Lipinski definition) is 0. The van der Waals surface area contributed by atoms with Gasteiger partial charge in [0.15, 0.2) is 17.5 Å². The van der Waals surface area contributed by atoms with Crippen LogP contribution in [0.5, 0.6) is 0 Å². The Balaban J connectivity index is 1.26. The van der Waals surface area contributed by atoms with Gasteiger partial charge in [-0.05, 0) is 100 Å². The second-order valence-corrected chi connectivity index (χ2v) is 15.6.